The molecule has 4 heterocycles. The quantitative estimate of drug-likeness (QED) is 0.334. The van der Waals surface area contributed by atoms with Crippen LogP contribution in [0.5, 0.6) is 5.75 Å². The van der Waals surface area contributed by atoms with Gasteiger partial charge in [0.05, 0.1) is 24.0 Å². The number of carbonyl (C=O) groups is 3. The number of benzene rings is 2. The Labute approximate surface area is 265 Å². The molecule has 1 unspecified atom stereocenters. The molecule has 9 nitrogen and oxygen atoms in total. The van der Waals surface area contributed by atoms with Crippen molar-refractivity contribution in [3.63, 3.8) is 0 Å². The zero-order valence-electron chi connectivity index (χ0n) is 26.6. The third kappa shape index (κ3) is 5.06. The molecule has 2 aromatic carbocycles. The number of anilines is 2. The van der Waals surface area contributed by atoms with Crippen molar-refractivity contribution >= 4 is 29.1 Å². The van der Waals surface area contributed by atoms with Crippen LogP contribution in [0.1, 0.15) is 44.2 Å². The summed E-state index contributed by atoms with van der Waals surface area (Å²) in [6, 6.07) is 12.4. The number of amides is 3. The van der Waals surface area contributed by atoms with Crippen molar-refractivity contribution in [2.45, 2.75) is 64.2 Å². The van der Waals surface area contributed by atoms with Crippen LogP contribution in [-0.2, 0) is 19.1 Å². The number of ether oxygens (including phenoxy) is 2. The molecule has 2 aromatic rings. The van der Waals surface area contributed by atoms with Crippen LogP contribution in [0.3, 0.4) is 0 Å². The molecule has 1 spiro atoms. The van der Waals surface area contributed by atoms with Gasteiger partial charge in [-0.05, 0) is 82.3 Å². The van der Waals surface area contributed by atoms with Gasteiger partial charge in [0.2, 0.25) is 11.8 Å². The molecule has 2 saturated heterocycles. The number of aryl methyl sites for hydroxylation is 2. The zero-order valence-corrected chi connectivity index (χ0v) is 26.6. The van der Waals surface area contributed by atoms with Gasteiger partial charge in [-0.15, -0.1) is 0 Å². The number of fused-ring (bicyclic) bond motifs is 2. The normalized spacial score (nSPS) is 29.0. The van der Waals surface area contributed by atoms with E-state index >= 15 is 0 Å². The topological polar surface area (TPSA) is 99.6 Å². The minimum Gasteiger partial charge on any atom is -0.494 e. The lowest BCUT2D eigenvalue weighted by atomic mass is 9.74. The van der Waals surface area contributed by atoms with Crippen LogP contribution in [0, 0.1) is 25.7 Å². The third-order valence-corrected chi connectivity index (χ3v) is 9.78. The predicted molar refractivity (Wildman–Crippen MR) is 172 cm³/mol. The zero-order chi connectivity index (χ0) is 31.9. The van der Waals surface area contributed by atoms with Gasteiger partial charge in [0.15, 0.2) is 0 Å². The molecule has 4 aliphatic rings. The highest BCUT2D eigenvalue weighted by atomic mass is 16.5. The van der Waals surface area contributed by atoms with Crippen LogP contribution in [0.4, 0.5) is 11.4 Å². The maximum atomic E-state index is 14.8. The number of hydrogen-bond acceptors (Lipinski definition) is 6. The Kier molecular flexibility index (Phi) is 8.35. The van der Waals surface area contributed by atoms with Crippen molar-refractivity contribution < 1.29 is 29.0 Å². The highest BCUT2D eigenvalue weighted by Gasteiger charge is 2.74. The molecule has 5 atom stereocenters. The van der Waals surface area contributed by atoms with E-state index < -0.39 is 29.1 Å². The first-order valence-electron chi connectivity index (χ1n) is 16.1. The van der Waals surface area contributed by atoms with Crippen molar-refractivity contribution in [3.8, 4) is 5.75 Å². The van der Waals surface area contributed by atoms with Crippen LogP contribution in [0.25, 0.3) is 0 Å². The summed E-state index contributed by atoms with van der Waals surface area (Å²) in [5.41, 5.74) is 1.05. The molecule has 0 aliphatic carbocycles. The fourth-order valence-electron chi connectivity index (χ4n) is 7.89. The number of aliphatic hydroxyl groups excluding tert-OH is 1. The lowest BCUT2D eigenvalue weighted by molar-refractivity contribution is -0.144. The van der Waals surface area contributed by atoms with Crippen LogP contribution < -0.4 is 14.5 Å². The van der Waals surface area contributed by atoms with Gasteiger partial charge in [-0.2, -0.15) is 0 Å². The average Bonchev–Trinajstić information content (AvgIpc) is 3.28. The second-order valence-corrected chi connectivity index (χ2v) is 12.7. The average molecular weight is 614 g/mol. The van der Waals surface area contributed by atoms with Gasteiger partial charge in [-0.25, -0.2) is 0 Å². The summed E-state index contributed by atoms with van der Waals surface area (Å²) in [5, 5.41) is 9.37. The molecule has 0 aromatic heterocycles. The SMILES string of the molecule is CCOc1ccc(N2CC=C[C@]3(C)O[C@]45C=CCN(c6c(C)cccc6C)C(=O)C4N(CCCCCO)C(=O)[C@@H]5[C@@H]3C2=O)cc1. The van der Waals surface area contributed by atoms with Gasteiger partial charge in [0, 0.05) is 37.6 Å². The molecule has 0 saturated carbocycles. The Bertz CT molecular complexity index is 1520. The number of rotatable bonds is 9. The molecule has 9 heteroatoms. The molecule has 0 bridgehead atoms. The van der Waals surface area contributed by atoms with E-state index in [9.17, 15) is 19.5 Å². The molecular weight excluding hydrogens is 570 g/mol. The van der Waals surface area contributed by atoms with E-state index in [0.29, 0.717) is 56.9 Å². The highest BCUT2D eigenvalue weighted by Crippen LogP contribution is 2.58. The van der Waals surface area contributed by atoms with E-state index in [2.05, 4.69) is 0 Å². The molecule has 45 heavy (non-hydrogen) atoms. The van der Waals surface area contributed by atoms with Crippen LogP contribution >= 0.6 is 0 Å². The number of carbonyl (C=O) groups excluding carboxylic acids is 3. The molecule has 1 N–H and O–H groups in total. The first-order valence-corrected chi connectivity index (χ1v) is 16.1. The molecule has 238 valence electrons. The monoisotopic (exact) mass is 613 g/mol. The Hall–Kier alpha value is -3.95. The van der Waals surface area contributed by atoms with Gasteiger partial charge in [-0.3, -0.25) is 14.4 Å². The highest BCUT2D eigenvalue weighted by molar-refractivity contribution is 6.08. The Morgan fingerprint density at radius 1 is 0.867 bits per heavy atom. The lowest BCUT2D eigenvalue weighted by Crippen LogP contribution is -2.56. The second kappa shape index (κ2) is 12.1. The van der Waals surface area contributed by atoms with E-state index in [4.69, 9.17) is 9.47 Å². The van der Waals surface area contributed by atoms with Gasteiger partial charge in [0.25, 0.3) is 5.91 Å². The minimum absolute atomic E-state index is 0.0672. The maximum absolute atomic E-state index is 14.8. The Morgan fingerprint density at radius 3 is 2.24 bits per heavy atom. The van der Waals surface area contributed by atoms with Crippen molar-refractivity contribution in [2.24, 2.45) is 11.8 Å². The number of unbranched alkanes of at least 4 members (excludes halogenated alkanes) is 2. The number of nitrogens with zero attached hydrogens (tertiary/aromatic N) is 3. The fraction of sp³-hybridized carbons (Fsp3) is 0.472. The minimum atomic E-state index is -1.32. The standard InChI is InChI=1S/C36H43N3O6/c1-5-44-27-16-14-26(15-17-27)37-21-10-18-35(4)28(32(37)41)29-33(42)39(20-7-6-8-23-40)31-34(43)38(22-11-19-36(29,31)45-35)30-24(2)12-9-13-25(30)3/h9-19,28-29,31,40H,5-8,20-23H2,1-4H3/t28-,29+,31?,35+,36+/m1/s1. The van der Waals surface area contributed by atoms with E-state index in [1.807, 2.05) is 94.5 Å². The number of likely N-dealkylation sites (tertiary alicyclic amines) is 1. The fourth-order valence-corrected chi connectivity index (χ4v) is 7.89. The van der Waals surface area contributed by atoms with Gasteiger partial charge in [-0.1, -0.05) is 42.5 Å². The van der Waals surface area contributed by atoms with E-state index in [1.54, 1.807) is 14.7 Å². The largest absolute Gasteiger partial charge is 0.494 e. The summed E-state index contributed by atoms with van der Waals surface area (Å²) in [6.07, 6.45) is 9.59. The van der Waals surface area contributed by atoms with Crippen molar-refractivity contribution in [1.29, 1.82) is 0 Å². The predicted octanol–water partition coefficient (Wildman–Crippen LogP) is 4.34. The van der Waals surface area contributed by atoms with Crippen LogP contribution in [-0.4, -0.2) is 77.8 Å². The number of para-hydroxylation sites is 1. The third-order valence-electron chi connectivity index (χ3n) is 9.78. The lowest BCUT2D eigenvalue weighted by Gasteiger charge is -2.38. The maximum Gasteiger partial charge on any atom is 0.253 e. The van der Waals surface area contributed by atoms with Crippen LogP contribution in [0.2, 0.25) is 0 Å². The van der Waals surface area contributed by atoms with E-state index in [0.717, 1.165) is 16.8 Å². The van der Waals surface area contributed by atoms with Gasteiger partial charge in [0.1, 0.15) is 17.4 Å². The summed E-state index contributed by atoms with van der Waals surface area (Å²) in [5.74, 6) is -1.68. The Balaban J connectivity index is 1.43. The summed E-state index contributed by atoms with van der Waals surface area (Å²) in [4.78, 5) is 49.2. The van der Waals surface area contributed by atoms with Gasteiger partial charge < -0.3 is 29.3 Å². The van der Waals surface area contributed by atoms with Crippen molar-refractivity contribution in [1.82, 2.24) is 4.90 Å². The number of hydrogen-bond donors (Lipinski definition) is 1. The first kappa shape index (κ1) is 31.0. The molecule has 0 radical (unpaired) electrons. The summed E-state index contributed by atoms with van der Waals surface area (Å²) < 4.78 is 12.6. The molecule has 2 fully saturated rings. The van der Waals surface area contributed by atoms with E-state index in [-0.39, 0.29) is 24.3 Å². The Morgan fingerprint density at radius 2 is 1.56 bits per heavy atom. The second-order valence-electron chi connectivity index (χ2n) is 12.7. The van der Waals surface area contributed by atoms with Gasteiger partial charge >= 0.3 is 0 Å². The molecule has 3 amide bonds. The molecule has 6 rings (SSSR count). The summed E-state index contributed by atoms with van der Waals surface area (Å²) >= 11 is 0. The smallest absolute Gasteiger partial charge is 0.253 e. The van der Waals surface area contributed by atoms with E-state index in [1.165, 1.54) is 0 Å². The van der Waals surface area contributed by atoms with Crippen molar-refractivity contribution in [2.75, 3.05) is 42.6 Å². The molecular formula is C36H43N3O6. The molecule has 4 aliphatic heterocycles. The first-order chi connectivity index (χ1) is 21.7. The number of aliphatic hydroxyl groups is 1. The van der Waals surface area contributed by atoms with Crippen LogP contribution in [0.15, 0.2) is 66.8 Å². The van der Waals surface area contributed by atoms with Crippen molar-refractivity contribution in [3.05, 3.63) is 77.9 Å². The summed E-state index contributed by atoms with van der Waals surface area (Å²) in [6.45, 7) is 9.36. The summed E-state index contributed by atoms with van der Waals surface area (Å²) in [7, 11) is 0.